The summed E-state index contributed by atoms with van der Waals surface area (Å²) in [5, 5.41) is 9.82. The van der Waals surface area contributed by atoms with Crippen LogP contribution in [0.2, 0.25) is 0 Å². The Kier molecular flexibility index (Phi) is 12.3. The summed E-state index contributed by atoms with van der Waals surface area (Å²) in [6.45, 7) is 11.8. The normalized spacial score (nSPS) is 14.4. The minimum atomic E-state index is -1.37. The molecule has 0 aromatic rings. The zero-order valence-corrected chi connectivity index (χ0v) is 19.2. The van der Waals surface area contributed by atoms with Gasteiger partial charge in [-0.3, -0.25) is 19.2 Å². The molecule has 0 aliphatic heterocycles. The van der Waals surface area contributed by atoms with Gasteiger partial charge < -0.3 is 24.1 Å². The summed E-state index contributed by atoms with van der Waals surface area (Å²) in [4.78, 5) is 48.5. The molecule has 0 radical (unpaired) electrons. The van der Waals surface area contributed by atoms with E-state index in [0.717, 1.165) is 0 Å². The number of esters is 4. The highest BCUT2D eigenvalue weighted by Crippen LogP contribution is 2.19. The number of carbonyl (C=O) groups excluding carboxylic acids is 4. The van der Waals surface area contributed by atoms with Crippen LogP contribution in [0.3, 0.4) is 0 Å². The Bertz CT molecular complexity index is 581. The fourth-order valence-corrected chi connectivity index (χ4v) is 1.97. The quantitative estimate of drug-likeness (QED) is 0.363. The SMILES string of the molecule is CC(C)C(=O)OC[C@H](OC(=O)C(C)C)[C@H](OC(=O)C(C)C)[C@@H](CO)OC(=O)C(C)C. The molecule has 0 unspecified atom stereocenters. The van der Waals surface area contributed by atoms with E-state index < -0.39 is 79.1 Å². The smallest absolute Gasteiger partial charge is 0.308 e. The second kappa shape index (κ2) is 13.2. The number of aliphatic hydroxyl groups excluding tert-OH is 1. The van der Waals surface area contributed by atoms with Crippen molar-refractivity contribution in [1.29, 1.82) is 0 Å². The zero-order valence-electron chi connectivity index (χ0n) is 19.2. The molecule has 0 bridgehead atoms. The summed E-state index contributed by atoms with van der Waals surface area (Å²) in [5.74, 6) is -4.45. The fraction of sp³-hybridized carbons (Fsp3) is 0.810. The summed E-state index contributed by atoms with van der Waals surface area (Å²) in [6, 6.07) is 0. The molecule has 0 spiro atoms. The maximum atomic E-state index is 12.3. The molecule has 0 aliphatic rings. The molecule has 0 fully saturated rings. The Morgan fingerprint density at radius 3 is 1.33 bits per heavy atom. The van der Waals surface area contributed by atoms with Gasteiger partial charge in [-0.25, -0.2) is 0 Å². The molecule has 0 saturated heterocycles. The standard InChI is InChI=1S/C21H36O9/c1-11(2)18(23)27-10-16(29-20(25)13(5)6)17(30-21(26)14(7)8)15(9-22)28-19(24)12(3)4/h11-17,22H,9-10H2,1-8H3/t15-,16+,17-/m1/s1. The Balaban J connectivity index is 5.91. The third-order valence-corrected chi connectivity index (χ3v) is 3.98. The van der Waals surface area contributed by atoms with Gasteiger partial charge in [-0.05, 0) is 0 Å². The number of hydrogen-bond acceptors (Lipinski definition) is 9. The number of rotatable bonds is 12. The first-order valence-electron chi connectivity index (χ1n) is 10.2. The van der Waals surface area contributed by atoms with Gasteiger partial charge in [0.1, 0.15) is 6.61 Å². The van der Waals surface area contributed by atoms with Crippen molar-refractivity contribution in [3.63, 3.8) is 0 Å². The van der Waals surface area contributed by atoms with Crippen LogP contribution in [0.15, 0.2) is 0 Å². The first kappa shape index (κ1) is 27.8. The molecule has 9 heteroatoms. The van der Waals surface area contributed by atoms with Gasteiger partial charge in [0.15, 0.2) is 18.3 Å². The van der Waals surface area contributed by atoms with E-state index in [1.807, 2.05) is 0 Å². The largest absolute Gasteiger partial charge is 0.461 e. The van der Waals surface area contributed by atoms with Crippen LogP contribution >= 0.6 is 0 Å². The lowest BCUT2D eigenvalue weighted by atomic mass is 10.1. The zero-order chi connectivity index (χ0) is 23.6. The number of aliphatic hydroxyl groups is 1. The van der Waals surface area contributed by atoms with Crippen LogP contribution < -0.4 is 0 Å². The third-order valence-electron chi connectivity index (χ3n) is 3.98. The molecule has 0 saturated carbocycles. The Hall–Kier alpha value is -2.16. The van der Waals surface area contributed by atoms with E-state index in [1.165, 1.54) is 0 Å². The van der Waals surface area contributed by atoms with Gasteiger partial charge in [0, 0.05) is 0 Å². The van der Waals surface area contributed by atoms with Crippen molar-refractivity contribution in [3.05, 3.63) is 0 Å². The summed E-state index contributed by atoms with van der Waals surface area (Å²) >= 11 is 0. The predicted octanol–water partition coefficient (Wildman–Crippen LogP) is 1.88. The van der Waals surface area contributed by atoms with Gasteiger partial charge in [-0.2, -0.15) is 0 Å². The minimum absolute atomic E-state index is 0.429. The number of hydrogen-bond donors (Lipinski definition) is 1. The van der Waals surface area contributed by atoms with Crippen molar-refractivity contribution in [3.8, 4) is 0 Å². The molecule has 0 heterocycles. The molecule has 0 aliphatic carbocycles. The van der Waals surface area contributed by atoms with Crippen LogP contribution in [0.5, 0.6) is 0 Å². The second-order valence-corrected chi connectivity index (χ2v) is 8.28. The lowest BCUT2D eigenvalue weighted by Gasteiger charge is -2.32. The van der Waals surface area contributed by atoms with Gasteiger partial charge in [-0.1, -0.05) is 55.4 Å². The van der Waals surface area contributed by atoms with Crippen LogP contribution in [-0.2, 0) is 38.1 Å². The fourth-order valence-electron chi connectivity index (χ4n) is 1.97. The molecule has 174 valence electrons. The molecule has 1 N–H and O–H groups in total. The van der Waals surface area contributed by atoms with Gasteiger partial charge in [0.05, 0.1) is 30.3 Å². The van der Waals surface area contributed by atoms with E-state index in [9.17, 15) is 24.3 Å². The highest BCUT2D eigenvalue weighted by atomic mass is 16.6. The van der Waals surface area contributed by atoms with E-state index in [-0.39, 0.29) is 0 Å². The Morgan fingerprint density at radius 1 is 0.600 bits per heavy atom. The van der Waals surface area contributed by atoms with Crippen LogP contribution in [0.25, 0.3) is 0 Å². The van der Waals surface area contributed by atoms with E-state index in [1.54, 1.807) is 55.4 Å². The number of ether oxygens (including phenoxy) is 4. The third kappa shape index (κ3) is 9.56. The molecule has 0 aromatic heterocycles. The second-order valence-electron chi connectivity index (χ2n) is 8.28. The van der Waals surface area contributed by atoms with E-state index >= 15 is 0 Å². The molecule has 3 atom stereocenters. The molecule has 0 rings (SSSR count). The van der Waals surface area contributed by atoms with Crippen LogP contribution in [0.4, 0.5) is 0 Å². The average Bonchev–Trinajstić information content (AvgIpc) is 2.66. The molecule has 0 amide bonds. The maximum absolute atomic E-state index is 12.3. The highest BCUT2D eigenvalue weighted by Gasteiger charge is 2.40. The molecule has 30 heavy (non-hydrogen) atoms. The molecular weight excluding hydrogens is 396 g/mol. The Morgan fingerprint density at radius 2 is 0.967 bits per heavy atom. The van der Waals surface area contributed by atoms with Gasteiger partial charge in [0.25, 0.3) is 0 Å². The van der Waals surface area contributed by atoms with Gasteiger partial charge in [0.2, 0.25) is 0 Å². The van der Waals surface area contributed by atoms with Crippen molar-refractivity contribution in [2.24, 2.45) is 23.7 Å². The number of carbonyl (C=O) groups is 4. The maximum Gasteiger partial charge on any atom is 0.308 e. The monoisotopic (exact) mass is 432 g/mol. The van der Waals surface area contributed by atoms with Crippen molar-refractivity contribution in [1.82, 2.24) is 0 Å². The summed E-state index contributed by atoms with van der Waals surface area (Å²) in [7, 11) is 0. The topological polar surface area (TPSA) is 125 Å². The lowest BCUT2D eigenvalue weighted by Crippen LogP contribution is -2.50. The first-order valence-corrected chi connectivity index (χ1v) is 10.2. The van der Waals surface area contributed by atoms with Crippen LogP contribution in [-0.4, -0.2) is 60.5 Å². The van der Waals surface area contributed by atoms with E-state index in [4.69, 9.17) is 18.9 Å². The average molecular weight is 433 g/mol. The molecular formula is C21H36O9. The lowest BCUT2D eigenvalue weighted by molar-refractivity contribution is -0.198. The minimum Gasteiger partial charge on any atom is -0.461 e. The summed E-state index contributed by atoms with van der Waals surface area (Å²) < 4.78 is 21.3. The predicted molar refractivity (Wildman–Crippen MR) is 107 cm³/mol. The van der Waals surface area contributed by atoms with Gasteiger partial charge in [-0.15, -0.1) is 0 Å². The van der Waals surface area contributed by atoms with Crippen molar-refractivity contribution in [2.75, 3.05) is 13.2 Å². The summed E-state index contributed by atoms with van der Waals surface area (Å²) in [6.07, 6.45) is -3.96. The van der Waals surface area contributed by atoms with E-state index in [2.05, 4.69) is 0 Å². The highest BCUT2D eigenvalue weighted by molar-refractivity contribution is 5.74. The van der Waals surface area contributed by atoms with Crippen molar-refractivity contribution >= 4 is 23.9 Å². The van der Waals surface area contributed by atoms with Crippen molar-refractivity contribution in [2.45, 2.75) is 73.7 Å². The molecule has 0 aromatic carbocycles. The van der Waals surface area contributed by atoms with Crippen molar-refractivity contribution < 1.29 is 43.2 Å². The van der Waals surface area contributed by atoms with Crippen LogP contribution in [0, 0.1) is 23.7 Å². The summed E-state index contributed by atoms with van der Waals surface area (Å²) in [5.41, 5.74) is 0. The molecule has 9 nitrogen and oxygen atoms in total. The van der Waals surface area contributed by atoms with E-state index in [0.29, 0.717) is 0 Å². The van der Waals surface area contributed by atoms with Gasteiger partial charge >= 0.3 is 23.9 Å². The first-order chi connectivity index (χ1) is 13.8. The Labute approximate surface area is 178 Å². The van der Waals surface area contributed by atoms with Crippen LogP contribution in [0.1, 0.15) is 55.4 Å².